The highest BCUT2D eigenvalue weighted by Crippen LogP contribution is 2.20. The van der Waals surface area contributed by atoms with Crippen LogP contribution in [0.2, 0.25) is 0 Å². The molecule has 0 saturated carbocycles. The van der Waals surface area contributed by atoms with Gasteiger partial charge in [0.05, 0.1) is 19.2 Å². The first-order valence-corrected chi connectivity index (χ1v) is 8.10. The number of pyridine rings is 1. The first kappa shape index (κ1) is 16.9. The number of fused-ring (bicyclic) bond motifs is 1. The molecule has 1 heterocycles. The van der Waals surface area contributed by atoms with Gasteiger partial charge in [0, 0.05) is 24.0 Å². The predicted molar refractivity (Wildman–Crippen MR) is 96.6 cm³/mol. The molecular formula is C20H20N2O3. The standard InChI is InChI=1S/C20H20N2O3/c1-25-19-9-5-3-7-16(19)14-22(12-13-23)20(24)18-11-10-15-6-2-4-8-17(15)21-18/h2-11,23H,12-14H2,1H3. The lowest BCUT2D eigenvalue weighted by molar-refractivity contribution is 0.0701. The normalized spacial score (nSPS) is 10.6. The zero-order valence-corrected chi connectivity index (χ0v) is 14.1. The topological polar surface area (TPSA) is 62.7 Å². The van der Waals surface area contributed by atoms with Crippen molar-refractivity contribution < 1.29 is 14.6 Å². The summed E-state index contributed by atoms with van der Waals surface area (Å²) < 4.78 is 5.35. The van der Waals surface area contributed by atoms with Crippen molar-refractivity contribution >= 4 is 16.8 Å². The lowest BCUT2D eigenvalue weighted by Gasteiger charge is -2.22. The molecule has 0 aliphatic heterocycles. The average Bonchev–Trinajstić information content (AvgIpc) is 2.67. The quantitative estimate of drug-likeness (QED) is 0.752. The molecule has 0 radical (unpaired) electrons. The largest absolute Gasteiger partial charge is 0.496 e. The summed E-state index contributed by atoms with van der Waals surface area (Å²) in [5.74, 6) is 0.496. The molecule has 5 nitrogen and oxygen atoms in total. The summed E-state index contributed by atoms with van der Waals surface area (Å²) in [5, 5.41) is 10.3. The number of amides is 1. The number of carbonyl (C=O) groups excluding carboxylic acids is 1. The fraction of sp³-hybridized carbons (Fsp3) is 0.200. The van der Waals surface area contributed by atoms with Crippen LogP contribution in [0.5, 0.6) is 5.75 Å². The van der Waals surface area contributed by atoms with Gasteiger partial charge in [-0.25, -0.2) is 4.98 Å². The molecule has 1 amide bonds. The highest BCUT2D eigenvalue weighted by atomic mass is 16.5. The highest BCUT2D eigenvalue weighted by Gasteiger charge is 2.19. The van der Waals surface area contributed by atoms with E-state index in [1.54, 1.807) is 18.1 Å². The van der Waals surface area contributed by atoms with Crippen molar-refractivity contribution in [3.05, 3.63) is 71.9 Å². The van der Waals surface area contributed by atoms with Crippen LogP contribution in [0.3, 0.4) is 0 Å². The molecule has 0 aliphatic rings. The highest BCUT2D eigenvalue weighted by molar-refractivity contribution is 5.94. The monoisotopic (exact) mass is 336 g/mol. The number of aromatic nitrogens is 1. The second kappa shape index (κ2) is 7.77. The summed E-state index contributed by atoms with van der Waals surface area (Å²) in [4.78, 5) is 18.9. The second-order valence-corrected chi connectivity index (χ2v) is 5.65. The summed E-state index contributed by atoms with van der Waals surface area (Å²) in [6.07, 6.45) is 0. The predicted octanol–water partition coefficient (Wildman–Crippen LogP) is 2.88. The van der Waals surface area contributed by atoms with E-state index in [0.717, 1.165) is 16.5 Å². The van der Waals surface area contributed by atoms with E-state index in [0.29, 0.717) is 18.0 Å². The zero-order valence-electron chi connectivity index (χ0n) is 14.1. The molecule has 1 aromatic heterocycles. The van der Waals surface area contributed by atoms with Crippen molar-refractivity contribution in [3.8, 4) is 5.75 Å². The Morgan fingerprint density at radius 2 is 1.84 bits per heavy atom. The van der Waals surface area contributed by atoms with Crippen LogP contribution in [0.1, 0.15) is 16.1 Å². The third kappa shape index (κ3) is 3.78. The number of para-hydroxylation sites is 2. The van der Waals surface area contributed by atoms with Crippen LogP contribution in [-0.4, -0.2) is 41.2 Å². The summed E-state index contributed by atoms with van der Waals surface area (Å²) in [5.41, 5.74) is 2.02. The summed E-state index contributed by atoms with van der Waals surface area (Å²) in [6.45, 7) is 0.456. The van der Waals surface area contributed by atoms with Crippen molar-refractivity contribution in [2.45, 2.75) is 6.54 Å². The van der Waals surface area contributed by atoms with E-state index in [2.05, 4.69) is 4.98 Å². The third-order valence-electron chi connectivity index (χ3n) is 4.03. The zero-order chi connectivity index (χ0) is 17.6. The Hall–Kier alpha value is -2.92. The number of nitrogens with zero attached hydrogens (tertiary/aromatic N) is 2. The summed E-state index contributed by atoms with van der Waals surface area (Å²) in [7, 11) is 1.60. The van der Waals surface area contributed by atoms with E-state index < -0.39 is 0 Å². The van der Waals surface area contributed by atoms with E-state index >= 15 is 0 Å². The number of hydrogen-bond acceptors (Lipinski definition) is 4. The molecule has 0 saturated heterocycles. The maximum Gasteiger partial charge on any atom is 0.272 e. The van der Waals surface area contributed by atoms with Gasteiger partial charge in [0.1, 0.15) is 11.4 Å². The van der Waals surface area contributed by atoms with Crippen LogP contribution >= 0.6 is 0 Å². The summed E-state index contributed by atoms with van der Waals surface area (Å²) >= 11 is 0. The van der Waals surface area contributed by atoms with Crippen molar-refractivity contribution in [2.75, 3.05) is 20.3 Å². The number of hydrogen-bond donors (Lipinski definition) is 1. The van der Waals surface area contributed by atoms with E-state index in [4.69, 9.17) is 4.74 Å². The van der Waals surface area contributed by atoms with E-state index in [1.807, 2.05) is 54.6 Å². The van der Waals surface area contributed by atoms with Crippen LogP contribution in [0, 0.1) is 0 Å². The fourth-order valence-corrected chi connectivity index (χ4v) is 2.76. The van der Waals surface area contributed by atoms with Gasteiger partial charge in [-0.15, -0.1) is 0 Å². The van der Waals surface area contributed by atoms with Crippen molar-refractivity contribution in [2.24, 2.45) is 0 Å². The van der Waals surface area contributed by atoms with Gasteiger partial charge >= 0.3 is 0 Å². The number of ether oxygens (including phenoxy) is 1. The molecule has 128 valence electrons. The molecule has 2 aromatic carbocycles. The Balaban J connectivity index is 1.89. The first-order chi connectivity index (χ1) is 12.2. The maximum atomic E-state index is 12.9. The molecule has 1 N–H and O–H groups in total. The van der Waals surface area contributed by atoms with Gasteiger partial charge in [-0.05, 0) is 18.2 Å². The third-order valence-corrected chi connectivity index (χ3v) is 4.03. The van der Waals surface area contributed by atoms with Crippen LogP contribution in [-0.2, 0) is 6.54 Å². The van der Waals surface area contributed by atoms with Gasteiger partial charge in [-0.3, -0.25) is 4.79 Å². The molecule has 5 heteroatoms. The Labute approximate surface area is 146 Å². The van der Waals surface area contributed by atoms with Crippen molar-refractivity contribution in [1.29, 1.82) is 0 Å². The minimum Gasteiger partial charge on any atom is -0.496 e. The minimum absolute atomic E-state index is 0.117. The van der Waals surface area contributed by atoms with E-state index in [9.17, 15) is 9.90 Å². The molecule has 3 aromatic rings. The minimum atomic E-state index is -0.217. The van der Waals surface area contributed by atoms with Gasteiger partial charge < -0.3 is 14.7 Å². The van der Waals surface area contributed by atoms with Crippen molar-refractivity contribution in [1.82, 2.24) is 9.88 Å². The lowest BCUT2D eigenvalue weighted by Crippen LogP contribution is -2.33. The van der Waals surface area contributed by atoms with Crippen LogP contribution < -0.4 is 4.74 Å². The first-order valence-electron chi connectivity index (χ1n) is 8.10. The second-order valence-electron chi connectivity index (χ2n) is 5.65. The van der Waals surface area contributed by atoms with Crippen LogP contribution in [0.15, 0.2) is 60.7 Å². The molecular weight excluding hydrogens is 316 g/mol. The molecule has 0 aliphatic carbocycles. The smallest absolute Gasteiger partial charge is 0.272 e. The molecule has 3 rings (SSSR count). The van der Waals surface area contributed by atoms with Gasteiger partial charge in [-0.2, -0.15) is 0 Å². The number of carbonyl (C=O) groups is 1. The number of methoxy groups -OCH3 is 1. The Bertz CT molecular complexity index is 879. The molecule has 0 bridgehead atoms. The van der Waals surface area contributed by atoms with E-state index in [-0.39, 0.29) is 19.1 Å². The lowest BCUT2D eigenvalue weighted by atomic mass is 10.1. The van der Waals surface area contributed by atoms with Gasteiger partial charge in [-0.1, -0.05) is 42.5 Å². The Morgan fingerprint density at radius 1 is 1.08 bits per heavy atom. The number of aliphatic hydroxyl groups is 1. The molecule has 0 unspecified atom stereocenters. The van der Waals surface area contributed by atoms with E-state index in [1.165, 1.54) is 0 Å². The number of rotatable bonds is 6. The molecule has 0 atom stereocenters. The van der Waals surface area contributed by atoms with Gasteiger partial charge in [0.15, 0.2) is 0 Å². The maximum absolute atomic E-state index is 12.9. The van der Waals surface area contributed by atoms with Gasteiger partial charge in [0.25, 0.3) is 5.91 Å². The fourth-order valence-electron chi connectivity index (χ4n) is 2.76. The SMILES string of the molecule is COc1ccccc1CN(CCO)C(=O)c1ccc2ccccc2n1. The van der Waals surface area contributed by atoms with Gasteiger partial charge in [0.2, 0.25) is 0 Å². The van der Waals surface area contributed by atoms with Crippen LogP contribution in [0.4, 0.5) is 0 Å². The molecule has 0 spiro atoms. The molecule has 25 heavy (non-hydrogen) atoms. The Kier molecular flexibility index (Phi) is 5.26. The van der Waals surface area contributed by atoms with Crippen molar-refractivity contribution in [3.63, 3.8) is 0 Å². The molecule has 0 fully saturated rings. The average molecular weight is 336 g/mol. The number of aliphatic hydroxyl groups excluding tert-OH is 1. The summed E-state index contributed by atoms with van der Waals surface area (Å²) in [6, 6.07) is 18.8. The Morgan fingerprint density at radius 3 is 2.64 bits per heavy atom. The number of benzene rings is 2. The van der Waals surface area contributed by atoms with Crippen LogP contribution in [0.25, 0.3) is 10.9 Å².